The van der Waals surface area contributed by atoms with Gasteiger partial charge in [0.2, 0.25) is 0 Å². The quantitative estimate of drug-likeness (QED) is 0.677. The Morgan fingerprint density at radius 1 is 1.55 bits per heavy atom. The summed E-state index contributed by atoms with van der Waals surface area (Å²) in [6.45, 7) is 2.11. The van der Waals surface area contributed by atoms with Crippen molar-refractivity contribution in [3.05, 3.63) is 39.9 Å². The van der Waals surface area contributed by atoms with Crippen LogP contribution < -0.4 is 5.43 Å². The molecule has 1 N–H and O–H groups in total. The number of hydrazone groups is 1. The lowest BCUT2D eigenvalue weighted by Gasteiger charge is -2.07. The number of rotatable bonds is 4. The molecule has 1 atom stereocenters. The van der Waals surface area contributed by atoms with Gasteiger partial charge in [-0.3, -0.25) is 14.9 Å². The van der Waals surface area contributed by atoms with Crippen LogP contribution in [-0.4, -0.2) is 16.5 Å². The lowest BCUT2D eigenvalue weighted by atomic mass is 10.0. The van der Waals surface area contributed by atoms with Crippen LogP contribution >= 0.6 is 0 Å². The highest BCUT2D eigenvalue weighted by atomic mass is 16.6. The predicted octanol–water partition coefficient (Wildman–Crippen LogP) is 2.89. The number of nitrogens with one attached hydrogen (secondary N) is 1. The van der Waals surface area contributed by atoms with Gasteiger partial charge in [-0.1, -0.05) is 13.0 Å². The molecule has 1 unspecified atom stereocenters. The number of carbonyl (C=O) groups is 1. The molecule has 0 aliphatic heterocycles. The van der Waals surface area contributed by atoms with Crippen molar-refractivity contribution in [2.75, 3.05) is 0 Å². The zero-order valence-electron chi connectivity index (χ0n) is 11.3. The van der Waals surface area contributed by atoms with E-state index in [9.17, 15) is 14.9 Å². The molecule has 1 aromatic rings. The lowest BCUT2D eigenvalue weighted by Crippen LogP contribution is -2.21. The minimum Gasteiger partial charge on any atom is -0.267 e. The molecule has 1 fully saturated rings. The van der Waals surface area contributed by atoms with Crippen molar-refractivity contribution in [3.8, 4) is 0 Å². The van der Waals surface area contributed by atoms with Gasteiger partial charge in [-0.15, -0.1) is 0 Å². The molecular weight excluding hydrogens is 258 g/mol. The van der Waals surface area contributed by atoms with Crippen molar-refractivity contribution >= 4 is 17.3 Å². The van der Waals surface area contributed by atoms with Crippen molar-refractivity contribution in [1.29, 1.82) is 0 Å². The van der Waals surface area contributed by atoms with Gasteiger partial charge >= 0.3 is 0 Å². The molecule has 0 saturated heterocycles. The standard InChI is InChI=1S/C14H17N3O3/c1-2-10-5-4-8-13(10)15-16-14(18)11-6-3-7-12(9-11)17(19)20/h3,6-7,9-10H,2,4-5,8H2,1H3,(H,16,18). The third kappa shape index (κ3) is 3.20. The minimum absolute atomic E-state index is 0.0994. The van der Waals surface area contributed by atoms with Crippen LogP contribution in [0.3, 0.4) is 0 Å². The van der Waals surface area contributed by atoms with Gasteiger partial charge in [0.25, 0.3) is 11.6 Å². The second-order valence-electron chi connectivity index (χ2n) is 4.85. The van der Waals surface area contributed by atoms with E-state index in [-0.39, 0.29) is 11.3 Å². The number of amides is 1. The number of carbonyl (C=O) groups excluding carboxylic acids is 1. The van der Waals surface area contributed by atoms with Crippen LogP contribution in [0.1, 0.15) is 43.0 Å². The van der Waals surface area contributed by atoms with E-state index in [1.165, 1.54) is 24.3 Å². The van der Waals surface area contributed by atoms with Gasteiger partial charge in [0.05, 0.1) is 4.92 Å². The monoisotopic (exact) mass is 275 g/mol. The smallest absolute Gasteiger partial charge is 0.267 e. The zero-order valence-corrected chi connectivity index (χ0v) is 11.3. The fourth-order valence-electron chi connectivity index (χ4n) is 2.44. The number of nitro benzene ring substituents is 1. The Morgan fingerprint density at radius 3 is 3.05 bits per heavy atom. The molecule has 1 aromatic carbocycles. The van der Waals surface area contributed by atoms with Gasteiger partial charge in [0.1, 0.15) is 0 Å². The first-order valence-corrected chi connectivity index (χ1v) is 6.73. The third-order valence-electron chi connectivity index (χ3n) is 3.57. The molecule has 2 rings (SSSR count). The number of hydrogen-bond acceptors (Lipinski definition) is 4. The summed E-state index contributed by atoms with van der Waals surface area (Å²) in [5, 5.41) is 14.8. The SMILES string of the molecule is CCC1CCCC1=NNC(=O)c1cccc([N+](=O)[O-])c1. The maximum atomic E-state index is 11.9. The lowest BCUT2D eigenvalue weighted by molar-refractivity contribution is -0.384. The van der Waals surface area contributed by atoms with E-state index in [2.05, 4.69) is 17.5 Å². The molecule has 6 nitrogen and oxygen atoms in total. The van der Waals surface area contributed by atoms with Crippen LogP contribution in [0.4, 0.5) is 5.69 Å². The van der Waals surface area contributed by atoms with E-state index < -0.39 is 10.8 Å². The van der Waals surface area contributed by atoms with E-state index in [4.69, 9.17) is 0 Å². The number of hydrogen-bond donors (Lipinski definition) is 1. The predicted molar refractivity (Wildman–Crippen MR) is 75.6 cm³/mol. The Labute approximate surface area is 117 Å². The van der Waals surface area contributed by atoms with E-state index in [0.29, 0.717) is 5.92 Å². The van der Waals surface area contributed by atoms with Crippen molar-refractivity contribution in [1.82, 2.24) is 5.43 Å². The summed E-state index contributed by atoms with van der Waals surface area (Å²) < 4.78 is 0. The van der Waals surface area contributed by atoms with Gasteiger partial charge in [0, 0.05) is 23.4 Å². The largest absolute Gasteiger partial charge is 0.271 e. The molecule has 1 amide bonds. The molecule has 0 radical (unpaired) electrons. The summed E-state index contributed by atoms with van der Waals surface area (Å²) in [6.07, 6.45) is 4.14. The van der Waals surface area contributed by atoms with Gasteiger partial charge in [-0.25, -0.2) is 5.43 Å². The highest BCUT2D eigenvalue weighted by Crippen LogP contribution is 2.25. The normalized spacial score (nSPS) is 20.1. The number of benzene rings is 1. The summed E-state index contributed by atoms with van der Waals surface area (Å²) in [7, 11) is 0. The van der Waals surface area contributed by atoms with E-state index >= 15 is 0 Å². The molecule has 6 heteroatoms. The number of nitro groups is 1. The van der Waals surface area contributed by atoms with Gasteiger partial charge in [-0.2, -0.15) is 5.10 Å². The van der Waals surface area contributed by atoms with E-state index in [1.54, 1.807) is 0 Å². The second kappa shape index (κ2) is 6.27. The van der Waals surface area contributed by atoms with Crippen LogP contribution in [-0.2, 0) is 0 Å². The van der Waals surface area contributed by atoms with Crippen LogP contribution in [0.25, 0.3) is 0 Å². The second-order valence-corrected chi connectivity index (χ2v) is 4.85. The average molecular weight is 275 g/mol. The van der Waals surface area contributed by atoms with Crippen molar-refractivity contribution < 1.29 is 9.72 Å². The summed E-state index contributed by atoms with van der Waals surface area (Å²) in [4.78, 5) is 22.1. The fourth-order valence-corrected chi connectivity index (χ4v) is 2.44. The first-order chi connectivity index (χ1) is 9.61. The third-order valence-corrected chi connectivity index (χ3v) is 3.57. The van der Waals surface area contributed by atoms with Crippen LogP contribution in [0, 0.1) is 16.0 Å². The molecule has 106 valence electrons. The van der Waals surface area contributed by atoms with Crippen molar-refractivity contribution in [3.63, 3.8) is 0 Å². The first-order valence-electron chi connectivity index (χ1n) is 6.73. The Bertz CT molecular complexity index is 554. The van der Waals surface area contributed by atoms with Crippen molar-refractivity contribution in [2.45, 2.75) is 32.6 Å². The van der Waals surface area contributed by atoms with E-state index in [0.717, 1.165) is 31.4 Å². The van der Waals surface area contributed by atoms with Crippen LogP contribution in [0.15, 0.2) is 29.4 Å². The van der Waals surface area contributed by atoms with Gasteiger partial charge in [-0.05, 0) is 37.7 Å². The Hall–Kier alpha value is -2.24. The highest BCUT2D eigenvalue weighted by Gasteiger charge is 2.21. The topological polar surface area (TPSA) is 84.6 Å². The molecule has 1 aliphatic carbocycles. The van der Waals surface area contributed by atoms with Crippen LogP contribution in [0.2, 0.25) is 0 Å². The maximum absolute atomic E-state index is 11.9. The minimum atomic E-state index is -0.521. The molecule has 1 aliphatic rings. The summed E-state index contributed by atoms with van der Waals surface area (Å²) in [5.74, 6) is 0.0309. The van der Waals surface area contributed by atoms with Crippen LogP contribution in [0.5, 0.6) is 0 Å². The van der Waals surface area contributed by atoms with Gasteiger partial charge < -0.3 is 0 Å². The Balaban J connectivity index is 2.07. The first kappa shape index (κ1) is 14.2. The zero-order chi connectivity index (χ0) is 14.5. The maximum Gasteiger partial charge on any atom is 0.271 e. The summed E-state index contributed by atoms with van der Waals surface area (Å²) in [6, 6.07) is 5.63. The molecule has 1 saturated carbocycles. The molecular formula is C14H17N3O3. The summed E-state index contributed by atoms with van der Waals surface area (Å²) in [5.41, 5.74) is 3.66. The fraction of sp³-hybridized carbons (Fsp3) is 0.429. The number of nitrogens with zero attached hydrogens (tertiary/aromatic N) is 2. The molecule has 20 heavy (non-hydrogen) atoms. The van der Waals surface area contributed by atoms with Gasteiger partial charge in [0.15, 0.2) is 0 Å². The Kier molecular flexibility index (Phi) is 4.45. The van der Waals surface area contributed by atoms with Crippen molar-refractivity contribution in [2.24, 2.45) is 11.0 Å². The number of non-ortho nitro benzene ring substituents is 1. The molecule has 0 aromatic heterocycles. The molecule has 0 spiro atoms. The molecule has 0 bridgehead atoms. The van der Waals surface area contributed by atoms with E-state index in [1.807, 2.05) is 0 Å². The Morgan fingerprint density at radius 2 is 2.35 bits per heavy atom. The summed E-state index contributed by atoms with van der Waals surface area (Å²) >= 11 is 0. The average Bonchev–Trinajstić information content (AvgIpc) is 2.92. The highest BCUT2D eigenvalue weighted by molar-refractivity contribution is 5.96. The molecule has 0 heterocycles.